The van der Waals surface area contributed by atoms with Gasteiger partial charge in [-0.3, -0.25) is 4.79 Å². The molecule has 3 rings (SSSR count). The molecule has 0 saturated carbocycles. The van der Waals surface area contributed by atoms with Crippen molar-refractivity contribution in [2.45, 2.75) is 39.0 Å². The summed E-state index contributed by atoms with van der Waals surface area (Å²) >= 11 is 3.50. The maximum absolute atomic E-state index is 13.1. The van der Waals surface area contributed by atoms with Crippen LogP contribution in [0.3, 0.4) is 0 Å². The van der Waals surface area contributed by atoms with Crippen LogP contribution in [0.25, 0.3) is 0 Å². The Morgan fingerprint density at radius 3 is 2.93 bits per heavy atom. The van der Waals surface area contributed by atoms with Crippen LogP contribution in [0.1, 0.15) is 54.2 Å². The molecule has 1 unspecified atom stereocenters. The highest BCUT2D eigenvalue weighted by molar-refractivity contribution is 9.10. The molecular formula is C19H24BrN3O4. The van der Waals surface area contributed by atoms with Gasteiger partial charge in [0.1, 0.15) is 0 Å². The van der Waals surface area contributed by atoms with Crippen molar-refractivity contribution >= 4 is 21.8 Å². The van der Waals surface area contributed by atoms with Crippen molar-refractivity contribution in [3.05, 3.63) is 33.9 Å². The van der Waals surface area contributed by atoms with E-state index in [1.165, 1.54) is 0 Å². The fourth-order valence-corrected chi connectivity index (χ4v) is 3.77. The quantitative estimate of drug-likeness (QED) is 0.680. The predicted molar refractivity (Wildman–Crippen MR) is 103 cm³/mol. The maximum Gasteiger partial charge on any atom is 0.254 e. The van der Waals surface area contributed by atoms with Crippen molar-refractivity contribution in [2.24, 2.45) is 0 Å². The summed E-state index contributed by atoms with van der Waals surface area (Å²) in [7, 11) is 1.57. The highest BCUT2D eigenvalue weighted by Gasteiger charge is 2.29. The van der Waals surface area contributed by atoms with E-state index in [2.05, 4.69) is 26.1 Å². The minimum absolute atomic E-state index is 0.0445. The number of carbonyl (C=O) groups excluding carboxylic acids is 1. The number of methoxy groups -OCH3 is 1. The van der Waals surface area contributed by atoms with E-state index in [0.717, 1.165) is 19.3 Å². The second-order valence-corrected chi connectivity index (χ2v) is 7.46. The molecule has 0 radical (unpaired) electrons. The summed E-state index contributed by atoms with van der Waals surface area (Å²) in [6, 6.07) is 3.52. The normalized spacial score (nSPS) is 17.0. The predicted octanol–water partition coefficient (Wildman–Crippen LogP) is 3.96. The first-order valence-electron chi connectivity index (χ1n) is 9.13. The second kappa shape index (κ2) is 8.73. The Morgan fingerprint density at radius 2 is 2.26 bits per heavy atom. The van der Waals surface area contributed by atoms with Crippen LogP contribution in [-0.2, 0) is 0 Å². The zero-order valence-corrected chi connectivity index (χ0v) is 17.4. The number of amides is 1. The Kier molecular flexibility index (Phi) is 6.36. The number of nitrogens with zero attached hydrogens (tertiary/aromatic N) is 3. The number of ether oxygens (including phenoxy) is 2. The molecule has 2 aromatic rings. The van der Waals surface area contributed by atoms with Gasteiger partial charge in [-0.2, -0.15) is 4.98 Å². The lowest BCUT2D eigenvalue weighted by atomic mass is 9.97. The third-order valence-electron chi connectivity index (χ3n) is 4.53. The maximum atomic E-state index is 13.1. The molecule has 1 aromatic heterocycles. The second-order valence-electron chi connectivity index (χ2n) is 6.61. The molecule has 0 bridgehead atoms. The number of benzene rings is 1. The van der Waals surface area contributed by atoms with E-state index in [-0.39, 0.29) is 11.8 Å². The van der Waals surface area contributed by atoms with E-state index in [1.807, 2.05) is 11.8 Å². The fourth-order valence-electron chi connectivity index (χ4n) is 3.21. The lowest BCUT2D eigenvalue weighted by Crippen LogP contribution is -2.39. The van der Waals surface area contributed by atoms with Gasteiger partial charge in [-0.25, -0.2) is 0 Å². The van der Waals surface area contributed by atoms with Crippen LogP contribution < -0.4 is 9.47 Å². The summed E-state index contributed by atoms with van der Waals surface area (Å²) in [5.41, 5.74) is 0.560. The summed E-state index contributed by atoms with van der Waals surface area (Å²) in [6.07, 6.45) is 2.72. The molecule has 1 fully saturated rings. The molecule has 27 heavy (non-hydrogen) atoms. The lowest BCUT2D eigenvalue weighted by molar-refractivity contribution is 0.0695. The van der Waals surface area contributed by atoms with E-state index in [4.69, 9.17) is 14.0 Å². The van der Waals surface area contributed by atoms with Crippen LogP contribution in [0.2, 0.25) is 0 Å². The molecule has 1 aliphatic rings. The summed E-state index contributed by atoms with van der Waals surface area (Å²) in [6.45, 7) is 5.69. The number of hydrogen-bond acceptors (Lipinski definition) is 6. The van der Waals surface area contributed by atoms with Gasteiger partial charge >= 0.3 is 0 Å². The highest BCUT2D eigenvalue weighted by atomic mass is 79.9. The van der Waals surface area contributed by atoms with Crippen molar-refractivity contribution < 1.29 is 18.8 Å². The minimum Gasteiger partial charge on any atom is -0.493 e. The van der Waals surface area contributed by atoms with E-state index < -0.39 is 0 Å². The van der Waals surface area contributed by atoms with E-state index >= 15 is 0 Å². The molecule has 7 nitrogen and oxygen atoms in total. The van der Waals surface area contributed by atoms with Gasteiger partial charge in [0, 0.05) is 18.7 Å². The van der Waals surface area contributed by atoms with Gasteiger partial charge in [-0.1, -0.05) is 12.1 Å². The highest BCUT2D eigenvalue weighted by Crippen LogP contribution is 2.37. The molecule has 1 aliphatic heterocycles. The number of rotatable bonds is 6. The van der Waals surface area contributed by atoms with Crippen LogP contribution in [0.4, 0.5) is 0 Å². The van der Waals surface area contributed by atoms with Crippen LogP contribution in [0.15, 0.2) is 21.1 Å². The van der Waals surface area contributed by atoms with E-state index in [0.29, 0.717) is 52.9 Å². The monoisotopic (exact) mass is 437 g/mol. The zero-order chi connectivity index (χ0) is 19.4. The van der Waals surface area contributed by atoms with Crippen molar-refractivity contribution in [3.63, 3.8) is 0 Å². The molecule has 1 atom stereocenters. The molecule has 0 aliphatic carbocycles. The van der Waals surface area contributed by atoms with Crippen molar-refractivity contribution in [1.29, 1.82) is 0 Å². The Balaban J connectivity index is 1.79. The number of likely N-dealkylation sites (tertiary alicyclic amines) is 1. The van der Waals surface area contributed by atoms with Gasteiger partial charge in [-0.05, 0) is 54.2 Å². The van der Waals surface area contributed by atoms with Gasteiger partial charge in [0.2, 0.25) is 5.89 Å². The van der Waals surface area contributed by atoms with Crippen LogP contribution >= 0.6 is 15.9 Å². The Bertz CT molecular complexity index is 808. The van der Waals surface area contributed by atoms with Gasteiger partial charge in [0.05, 0.1) is 24.1 Å². The molecule has 0 spiro atoms. The lowest BCUT2D eigenvalue weighted by Gasteiger charge is -2.31. The van der Waals surface area contributed by atoms with Crippen LogP contribution in [-0.4, -0.2) is 47.8 Å². The number of carbonyl (C=O) groups is 1. The van der Waals surface area contributed by atoms with Gasteiger partial charge in [-0.15, -0.1) is 0 Å². The summed E-state index contributed by atoms with van der Waals surface area (Å²) in [4.78, 5) is 19.2. The number of aryl methyl sites for hydroxylation is 1. The van der Waals surface area contributed by atoms with Crippen molar-refractivity contribution in [3.8, 4) is 11.5 Å². The summed E-state index contributed by atoms with van der Waals surface area (Å²) < 4.78 is 17.2. The molecule has 1 amide bonds. The van der Waals surface area contributed by atoms with Gasteiger partial charge in [0.15, 0.2) is 17.3 Å². The van der Waals surface area contributed by atoms with Gasteiger partial charge in [0.25, 0.3) is 5.91 Å². The fraction of sp³-hybridized carbons (Fsp3) is 0.526. The number of hydrogen-bond donors (Lipinski definition) is 0. The number of aromatic nitrogens is 2. The SMILES string of the molecule is CCCOc1c(Br)cc(C(=O)N2CCCC(c3nc(C)no3)C2)cc1OC. The smallest absolute Gasteiger partial charge is 0.254 e. The topological polar surface area (TPSA) is 77.7 Å². The first-order valence-corrected chi connectivity index (χ1v) is 9.92. The largest absolute Gasteiger partial charge is 0.493 e. The first-order chi connectivity index (χ1) is 13.0. The van der Waals surface area contributed by atoms with E-state index in [9.17, 15) is 4.79 Å². The van der Waals surface area contributed by atoms with E-state index in [1.54, 1.807) is 26.2 Å². The molecule has 1 saturated heterocycles. The molecule has 1 aromatic carbocycles. The Hall–Kier alpha value is -2.09. The number of piperidine rings is 1. The summed E-state index contributed by atoms with van der Waals surface area (Å²) in [5.74, 6) is 2.41. The standard InChI is InChI=1S/C19H24BrN3O4/c1-4-8-26-17-15(20)9-14(10-16(17)25-3)19(24)23-7-5-6-13(11-23)18-21-12(2)22-27-18/h9-10,13H,4-8,11H2,1-3H3. The Morgan fingerprint density at radius 1 is 1.44 bits per heavy atom. The van der Waals surface area contributed by atoms with Crippen LogP contribution in [0, 0.1) is 6.92 Å². The minimum atomic E-state index is -0.0445. The van der Waals surface area contributed by atoms with Gasteiger partial charge < -0.3 is 18.9 Å². The Labute approximate surface area is 167 Å². The van der Waals surface area contributed by atoms with Crippen LogP contribution in [0.5, 0.6) is 11.5 Å². The average molecular weight is 438 g/mol. The molecule has 8 heteroatoms. The molecule has 2 heterocycles. The third kappa shape index (κ3) is 4.43. The summed E-state index contributed by atoms with van der Waals surface area (Å²) in [5, 5.41) is 3.86. The van der Waals surface area contributed by atoms with Crippen molar-refractivity contribution in [2.75, 3.05) is 26.8 Å². The number of halogens is 1. The molecular weight excluding hydrogens is 414 g/mol. The van der Waals surface area contributed by atoms with Crippen molar-refractivity contribution in [1.82, 2.24) is 15.0 Å². The third-order valence-corrected chi connectivity index (χ3v) is 5.12. The first kappa shape index (κ1) is 19.7. The molecule has 0 N–H and O–H groups in total. The average Bonchev–Trinajstić information content (AvgIpc) is 3.12. The molecule has 146 valence electrons. The zero-order valence-electron chi connectivity index (χ0n) is 15.8.